The molecule has 4 heterocycles. The number of aromatic nitrogens is 1. The molecule has 1 aliphatic carbocycles. The maximum atomic E-state index is 13.0. The molecule has 2 saturated heterocycles. The van der Waals surface area contributed by atoms with Gasteiger partial charge in [-0.1, -0.05) is 25.3 Å². The molecule has 1 aromatic heterocycles. The molecule has 0 spiro atoms. The highest BCUT2D eigenvalue weighted by molar-refractivity contribution is 6.05. The van der Waals surface area contributed by atoms with Crippen molar-refractivity contribution in [3.05, 3.63) is 65.2 Å². The van der Waals surface area contributed by atoms with Gasteiger partial charge in [-0.25, -0.2) is 4.98 Å². The van der Waals surface area contributed by atoms with E-state index in [-0.39, 0.29) is 29.9 Å². The van der Waals surface area contributed by atoms with Gasteiger partial charge in [-0.2, -0.15) is 0 Å². The van der Waals surface area contributed by atoms with Crippen LogP contribution in [0.25, 0.3) is 10.9 Å². The minimum Gasteiger partial charge on any atom is -0.489 e. The molecule has 3 amide bonds. The Morgan fingerprint density at radius 2 is 1.88 bits per heavy atom. The van der Waals surface area contributed by atoms with E-state index in [1.165, 1.54) is 37.7 Å². The maximum Gasteiger partial charge on any atom is 0.255 e. The Morgan fingerprint density at radius 3 is 2.72 bits per heavy atom. The summed E-state index contributed by atoms with van der Waals surface area (Å²) in [6.07, 6.45) is 7.89. The van der Waals surface area contributed by atoms with Crippen LogP contribution in [0.4, 0.5) is 5.82 Å². The zero-order valence-electron chi connectivity index (χ0n) is 24.7. The topological polar surface area (TPSA) is 104 Å². The van der Waals surface area contributed by atoms with Crippen LogP contribution >= 0.6 is 0 Å². The summed E-state index contributed by atoms with van der Waals surface area (Å²) in [6, 6.07) is 15.8. The van der Waals surface area contributed by atoms with Gasteiger partial charge in [0.05, 0.1) is 5.52 Å². The van der Waals surface area contributed by atoms with Crippen LogP contribution in [0.3, 0.4) is 0 Å². The van der Waals surface area contributed by atoms with E-state index >= 15 is 0 Å². The number of carbonyl (C=O) groups is 3. The van der Waals surface area contributed by atoms with Gasteiger partial charge in [0.1, 0.15) is 23.7 Å². The number of imide groups is 1. The third-order valence-corrected chi connectivity index (χ3v) is 9.57. The molecule has 1 unspecified atom stereocenters. The molecule has 0 bridgehead atoms. The van der Waals surface area contributed by atoms with Crippen LogP contribution in [0, 0.1) is 0 Å². The second-order valence-electron chi connectivity index (χ2n) is 13.0. The standard InChI is InChI=1S/C34H39N5O4/c1-34(14-3-2-4-15-34)37-30-11-6-23-17-22(5-9-28(23)35-30)19-38-16-13-26(21-38)43-25-7-8-27-24(18-25)20-39(33(27)42)29-10-12-31(40)36-32(29)41/h5-9,11,17-18,26,29H,2-4,10,12-16,19-21H2,1H3,(H,35,37)(H,36,40,41)/t26-,29?/m0/s1. The van der Waals surface area contributed by atoms with E-state index in [0.29, 0.717) is 18.5 Å². The van der Waals surface area contributed by atoms with E-state index < -0.39 is 11.9 Å². The Hall–Kier alpha value is -3.98. The number of carbonyl (C=O) groups excluding carboxylic acids is 3. The molecule has 3 aliphatic heterocycles. The number of nitrogens with one attached hydrogen (secondary N) is 2. The number of nitrogens with zero attached hydrogens (tertiary/aromatic N) is 3. The number of hydrogen-bond acceptors (Lipinski definition) is 7. The van der Waals surface area contributed by atoms with E-state index in [1.807, 2.05) is 12.1 Å². The number of rotatable bonds is 7. The summed E-state index contributed by atoms with van der Waals surface area (Å²) < 4.78 is 6.36. The van der Waals surface area contributed by atoms with Crippen molar-refractivity contribution in [2.45, 2.75) is 89.1 Å². The van der Waals surface area contributed by atoms with Crippen LogP contribution in [-0.4, -0.2) is 63.3 Å². The molecule has 2 aromatic carbocycles. The van der Waals surface area contributed by atoms with Crippen molar-refractivity contribution >= 4 is 34.4 Å². The van der Waals surface area contributed by atoms with Gasteiger partial charge < -0.3 is 15.0 Å². The van der Waals surface area contributed by atoms with Crippen molar-refractivity contribution < 1.29 is 19.1 Å². The average molecular weight is 582 g/mol. The molecule has 0 radical (unpaired) electrons. The van der Waals surface area contributed by atoms with Gasteiger partial charge in [0, 0.05) is 49.1 Å². The summed E-state index contributed by atoms with van der Waals surface area (Å²) in [4.78, 5) is 45.8. The Labute approximate surface area is 252 Å². The maximum absolute atomic E-state index is 13.0. The molecule has 224 valence electrons. The van der Waals surface area contributed by atoms with Crippen molar-refractivity contribution in [3.63, 3.8) is 0 Å². The van der Waals surface area contributed by atoms with Crippen LogP contribution < -0.4 is 15.4 Å². The molecule has 3 aromatic rings. The number of pyridine rings is 1. The minimum atomic E-state index is -0.611. The van der Waals surface area contributed by atoms with Crippen molar-refractivity contribution in [2.24, 2.45) is 0 Å². The fourth-order valence-corrected chi connectivity index (χ4v) is 7.22. The monoisotopic (exact) mass is 581 g/mol. The Bertz CT molecular complexity index is 1580. The van der Waals surface area contributed by atoms with Gasteiger partial charge in [0.15, 0.2) is 0 Å². The highest BCUT2D eigenvalue weighted by Gasteiger charge is 2.39. The molecule has 2 N–H and O–H groups in total. The summed E-state index contributed by atoms with van der Waals surface area (Å²) in [6.45, 7) is 5.30. The number of ether oxygens (including phenoxy) is 1. The second kappa shape index (κ2) is 11.3. The molecule has 9 heteroatoms. The second-order valence-corrected chi connectivity index (χ2v) is 13.0. The highest BCUT2D eigenvalue weighted by atomic mass is 16.5. The van der Waals surface area contributed by atoms with Gasteiger partial charge >= 0.3 is 0 Å². The summed E-state index contributed by atoms with van der Waals surface area (Å²) >= 11 is 0. The number of anilines is 1. The van der Waals surface area contributed by atoms with E-state index in [1.54, 1.807) is 11.0 Å². The van der Waals surface area contributed by atoms with Crippen molar-refractivity contribution in [1.82, 2.24) is 20.1 Å². The van der Waals surface area contributed by atoms with Crippen LogP contribution in [0.2, 0.25) is 0 Å². The van der Waals surface area contributed by atoms with Crippen LogP contribution in [0.1, 0.15) is 79.8 Å². The van der Waals surface area contributed by atoms with Gasteiger partial charge in [0.25, 0.3) is 5.91 Å². The van der Waals surface area contributed by atoms with Crippen LogP contribution in [0.15, 0.2) is 48.5 Å². The van der Waals surface area contributed by atoms with Gasteiger partial charge in [-0.3, -0.25) is 24.6 Å². The largest absolute Gasteiger partial charge is 0.489 e. The molecule has 43 heavy (non-hydrogen) atoms. The Kier molecular flexibility index (Phi) is 7.29. The number of benzene rings is 2. The lowest BCUT2D eigenvalue weighted by Crippen LogP contribution is -2.52. The Balaban J connectivity index is 0.948. The minimum absolute atomic E-state index is 0.0679. The Morgan fingerprint density at radius 1 is 1.02 bits per heavy atom. The van der Waals surface area contributed by atoms with Gasteiger partial charge in [0.2, 0.25) is 11.8 Å². The van der Waals surface area contributed by atoms with E-state index in [4.69, 9.17) is 9.72 Å². The normalized spacial score (nSPS) is 23.8. The number of amides is 3. The summed E-state index contributed by atoms with van der Waals surface area (Å²) in [7, 11) is 0. The average Bonchev–Trinajstić information content (AvgIpc) is 3.56. The lowest BCUT2D eigenvalue weighted by atomic mass is 9.83. The predicted molar refractivity (Wildman–Crippen MR) is 164 cm³/mol. The zero-order chi connectivity index (χ0) is 29.6. The van der Waals surface area contributed by atoms with Crippen molar-refractivity contribution in [1.29, 1.82) is 0 Å². The first kappa shape index (κ1) is 27.8. The third kappa shape index (κ3) is 5.83. The first-order valence-corrected chi connectivity index (χ1v) is 15.7. The quantitative estimate of drug-likeness (QED) is 0.387. The SMILES string of the molecule is CC1(Nc2ccc3cc(CN4CC[C@H](Oc5ccc6c(c5)CN(C5CCC(=O)NC5=O)C6=O)C4)ccc3n2)CCCCC1. The molecular formula is C34H39N5O4. The summed E-state index contributed by atoms with van der Waals surface area (Å²) in [5.74, 6) is 0.860. The fourth-order valence-electron chi connectivity index (χ4n) is 7.22. The molecule has 3 fully saturated rings. The molecule has 2 atom stereocenters. The van der Waals surface area contributed by atoms with Crippen molar-refractivity contribution in [3.8, 4) is 5.75 Å². The highest BCUT2D eigenvalue weighted by Crippen LogP contribution is 2.33. The van der Waals surface area contributed by atoms with Gasteiger partial charge in [-0.05, 0) is 86.2 Å². The summed E-state index contributed by atoms with van der Waals surface area (Å²) in [5.41, 5.74) is 3.88. The van der Waals surface area contributed by atoms with Crippen LogP contribution in [-0.2, 0) is 22.7 Å². The third-order valence-electron chi connectivity index (χ3n) is 9.57. The van der Waals surface area contributed by atoms with Crippen molar-refractivity contribution in [2.75, 3.05) is 18.4 Å². The van der Waals surface area contributed by atoms with E-state index in [0.717, 1.165) is 54.1 Å². The molecule has 9 nitrogen and oxygen atoms in total. The van der Waals surface area contributed by atoms with E-state index in [2.05, 4.69) is 52.8 Å². The molecular weight excluding hydrogens is 542 g/mol. The zero-order valence-corrected chi connectivity index (χ0v) is 24.7. The first-order chi connectivity index (χ1) is 20.8. The number of piperidine rings is 1. The summed E-state index contributed by atoms with van der Waals surface area (Å²) in [5, 5.41) is 7.21. The molecule has 4 aliphatic rings. The van der Waals surface area contributed by atoms with Crippen LogP contribution in [0.5, 0.6) is 5.75 Å². The van der Waals surface area contributed by atoms with Gasteiger partial charge in [-0.15, -0.1) is 0 Å². The predicted octanol–water partition coefficient (Wildman–Crippen LogP) is 4.78. The van der Waals surface area contributed by atoms with E-state index in [9.17, 15) is 14.4 Å². The lowest BCUT2D eigenvalue weighted by Gasteiger charge is -2.35. The molecule has 7 rings (SSSR count). The first-order valence-electron chi connectivity index (χ1n) is 15.7. The smallest absolute Gasteiger partial charge is 0.255 e. The lowest BCUT2D eigenvalue weighted by molar-refractivity contribution is -0.136. The number of likely N-dealkylation sites (tertiary alicyclic amines) is 1. The fraction of sp³-hybridized carbons (Fsp3) is 0.471. The number of fused-ring (bicyclic) bond motifs is 2. The number of hydrogen-bond donors (Lipinski definition) is 2. The molecule has 1 saturated carbocycles.